The summed E-state index contributed by atoms with van der Waals surface area (Å²) in [6.07, 6.45) is 1.46. The van der Waals surface area contributed by atoms with E-state index in [0.29, 0.717) is 62.6 Å². The second-order valence-electron chi connectivity index (χ2n) is 7.46. The Balaban J connectivity index is 1.52. The fourth-order valence-electron chi connectivity index (χ4n) is 3.82. The Kier molecular flexibility index (Phi) is 7.11. The van der Waals surface area contributed by atoms with Crippen molar-refractivity contribution in [3.8, 4) is 6.07 Å². The van der Waals surface area contributed by atoms with E-state index < -0.39 is 0 Å². The predicted octanol–water partition coefficient (Wildman–Crippen LogP) is 2.98. The molecule has 0 spiro atoms. The van der Waals surface area contributed by atoms with Gasteiger partial charge in [0.05, 0.1) is 24.7 Å². The van der Waals surface area contributed by atoms with Crippen LogP contribution in [0.4, 0.5) is 0 Å². The normalized spacial score (nSPS) is 13.9. The minimum absolute atomic E-state index is 0.0550. The smallest absolute Gasteiger partial charge is 0.254 e. The molecule has 1 aliphatic rings. The first-order valence-corrected chi connectivity index (χ1v) is 10.5. The third-order valence-corrected chi connectivity index (χ3v) is 5.78. The number of benzene rings is 1. The van der Waals surface area contributed by atoms with Crippen molar-refractivity contribution in [1.29, 1.82) is 5.26 Å². The van der Waals surface area contributed by atoms with E-state index in [1.54, 1.807) is 29.2 Å². The van der Waals surface area contributed by atoms with Gasteiger partial charge in [0.15, 0.2) is 0 Å². The molecule has 0 atom stereocenters. The van der Waals surface area contributed by atoms with Crippen molar-refractivity contribution in [2.24, 2.45) is 0 Å². The van der Waals surface area contributed by atoms with Gasteiger partial charge < -0.3 is 9.80 Å². The van der Waals surface area contributed by atoms with Gasteiger partial charge in [-0.2, -0.15) is 10.4 Å². The third kappa shape index (κ3) is 5.00. The van der Waals surface area contributed by atoms with Crippen molar-refractivity contribution >= 4 is 23.4 Å². The number of rotatable bonds is 6. The standard InChI is InChI=1S/C22H26ClN5O2/c1-16-20(17(2)28(25-16)10-4-9-24)7-8-21(29)26-11-13-27(14-12-26)22(30)18-5-3-6-19(23)15-18/h3,5-6,15H,4,7-8,10-14H2,1-2H3. The lowest BCUT2D eigenvalue weighted by Crippen LogP contribution is -2.50. The first-order valence-electron chi connectivity index (χ1n) is 10.1. The Morgan fingerprint density at radius 1 is 1.17 bits per heavy atom. The second-order valence-corrected chi connectivity index (χ2v) is 7.90. The molecule has 1 aliphatic heterocycles. The molecular formula is C22H26ClN5O2. The number of hydrogen-bond donors (Lipinski definition) is 0. The van der Waals surface area contributed by atoms with Gasteiger partial charge in [0.2, 0.25) is 5.91 Å². The van der Waals surface area contributed by atoms with E-state index in [2.05, 4.69) is 11.2 Å². The van der Waals surface area contributed by atoms with Gasteiger partial charge in [-0.1, -0.05) is 17.7 Å². The molecule has 8 heteroatoms. The molecule has 0 aliphatic carbocycles. The van der Waals surface area contributed by atoms with Crippen LogP contribution in [0.25, 0.3) is 0 Å². The molecule has 7 nitrogen and oxygen atoms in total. The third-order valence-electron chi connectivity index (χ3n) is 5.55. The van der Waals surface area contributed by atoms with Gasteiger partial charge in [-0.05, 0) is 44.0 Å². The number of carbonyl (C=O) groups excluding carboxylic acids is 2. The summed E-state index contributed by atoms with van der Waals surface area (Å²) in [4.78, 5) is 28.9. The van der Waals surface area contributed by atoms with Crippen LogP contribution in [0.1, 0.15) is 40.2 Å². The topological polar surface area (TPSA) is 82.2 Å². The SMILES string of the molecule is Cc1nn(CCC#N)c(C)c1CCC(=O)N1CCN(C(=O)c2cccc(Cl)c2)CC1. The van der Waals surface area contributed by atoms with Crippen LogP contribution in [-0.4, -0.2) is 57.6 Å². The lowest BCUT2D eigenvalue weighted by Gasteiger charge is -2.35. The number of halogens is 1. The highest BCUT2D eigenvalue weighted by atomic mass is 35.5. The number of hydrogen-bond acceptors (Lipinski definition) is 4. The van der Waals surface area contributed by atoms with E-state index in [1.165, 1.54) is 0 Å². The van der Waals surface area contributed by atoms with Crippen molar-refractivity contribution in [3.63, 3.8) is 0 Å². The van der Waals surface area contributed by atoms with Crippen molar-refractivity contribution in [3.05, 3.63) is 51.8 Å². The Morgan fingerprint density at radius 2 is 1.87 bits per heavy atom. The molecule has 2 amide bonds. The number of amides is 2. The highest BCUT2D eigenvalue weighted by molar-refractivity contribution is 6.30. The Labute approximate surface area is 181 Å². The average molecular weight is 428 g/mol. The summed E-state index contributed by atoms with van der Waals surface area (Å²) in [5.41, 5.74) is 3.58. The van der Waals surface area contributed by atoms with Gasteiger partial charge in [-0.25, -0.2) is 0 Å². The lowest BCUT2D eigenvalue weighted by molar-refractivity contribution is -0.132. The molecule has 1 aromatic carbocycles. The van der Waals surface area contributed by atoms with Crippen LogP contribution in [0.15, 0.2) is 24.3 Å². The van der Waals surface area contributed by atoms with E-state index in [1.807, 2.05) is 23.4 Å². The number of aryl methyl sites for hydroxylation is 2. The maximum atomic E-state index is 12.7. The molecule has 0 unspecified atom stereocenters. The maximum Gasteiger partial charge on any atom is 0.254 e. The Bertz CT molecular complexity index is 970. The largest absolute Gasteiger partial charge is 0.339 e. The van der Waals surface area contributed by atoms with Crippen LogP contribution in [-0.2, 0) is 17.8 Å². The van der Waals surface area contributed by atoms with Gasteiger partial charge in [-0.3, -0.25) is 14.3 Å². The molecule has 0 radical (unpaired) electrons. The zero-order valence-corrected chi connectivity index (χ0v) is 18.2. The van der Waals surface area contributed by atoms with Gasteiger partial charge in [0.1, 0.15) is 0 Å². The fraction of sp³-hybridized carbons (Fsp3) is 0.455. The van der Waals surface area contributed by atoms with Gasteiger partial charge in [-0.15, -0.1) is 0 Å². The molecule has 0 N–H and O–H groups in total. The van der Waals surface area contributed by atoms with Gasteiger partial charge in [0.25, 0.3) is 5.91 Å². The number of aromatic nitrogens is 2. The van der Waals surface area contributed by atoms with E-state index in [4.69, 9.17) is 16.9 Å². The summed E-state index contributed by atoms with van der Waals surface area (Å²) in [5.74, 6) is 0.0362. The number of nitrogens with zero attached hydrogens (tertiary/aromatic N) is 5. The van der Waals surface area contributed by atoms with Crippen molar-refractivity contribution < 1.29 is 9.59 Å². The zero-order chi connectivity index (χ0) is 21.7. The zero-order valence-electron chi connectivity index (χ0n) is 17.4. The monoisotopic (exact) mass is 427 g/mol. The number of carbonyl (C=O) groups is 2. The van der Waals surface area contributed by atoms with Crippen molar-refractivity contribution in [2.45, 2.75) is 39.7 Å². The highest BCUT2D eigenvalue weighted by Gasteiger charge is 2.25. The van der Waals surface area contributed by atoms with Crippen LogP contribution >= 0.6 is 11.6 Å². The molecule has 30 heavy (non-hydrogen) atoms. The molecular weight excluding hydrogens is 402 g/mol. The van der Waals surface area contributed by atoms with Crippen LogP contribution in [0.5, 0.6) is 0 Å². The lowest BCUT2D eigenvalue weighted by atomic mass is 10.1. The van der Waals surface area contributed by atoms with Gasteiger partial charge in [0, 0.05) is 48.9 Å². The van der Waals surface area contributed by atoms with Crippen LogP contribution in [0.3, 0.4) is 0 Å². The first-order chi connectivity index (χ1) is 14.4. The molecule has 0 saturated carbocycles. The quantitative estimate of drug-likeness (QED) is 0.709. The molecule has 3 rings (SSSR count). The molecule has 1 fully saturated rings. The minimum atomic E-state index is -0.0550. The van der Waals surface area contributed by atoms with Crippen molar-refractivity contribution in [2.75, 3.05) is 26.2 Å². The maximum absolute atomic E-state index is 12.7. The summed E-state index contributed by atoms with van der Waals surface area (Å²) in [6, 6.07) is 9.07. The summed E-state index contributed by atoms with van der Waals surface area (Å²) >= 11 is 5.98. The van der Waals surface area contributed by atoms with Crippen LogP contribution < -0.4 is 0 Å². The summed E-state index contributed by atoms with van der Waals surface area (Å²) < 4.78 is 1.85. The highest BCUT2D eigenvalue weighted by Crippen LogP contribution is 2.18. The predicted molar refractivity (Wildman–Crippen MR) is 114 cm³/mol. The number of piperazine rings is 1. The second kappa shape index (κ2) is 9.77. The first kappa shape index (κ1) is 21.8. The molecule has 2 heterocycles. The van der Waals surface area contributed by atoms with Crippen molar-refractivity contribution in [1.82, 2.24) is 19.6 Å². The minimum Gasteiger partial charge on any atom is -0.339 e. The number of nitriles is 1. The summed E-state index contributed by atoms with van der Waals surface area (Å²) in [7, 11) is 0. The Hall–Kier alpha value is -2.85. The van der Waals surface area contributed by atoms with E-state index >= 15 is 0 Å². The summed E-state index contributed by atoms with van der Waals surface area (Å²) in [6.45, 7) is 6.59. The fourth-order valence-corrected chi connectivity index (χ4v) is 4.01. The molecule has 1 aromatic heterocycles. The summed E-state index contributed by atoms with van der Waals surface area (Å²) in [5, 5.41) is 13.8. The average Bonchev–Trinajstić information content (AvgIpc) is 3.02. The van der Waals surface area contributed by atoms with E-state index in [9.17, 15) is 9.59 Å². The van der Waals surface area contributed by atoms with E-state index in [-0.39, 0.29) is 11.8 Å². The van der Waals surface area contributed by atoms with Crippen LogP contribution in [0.2, 0.25) is 5.02 Å². The molecule has 158 valence electrons. The van der Waals surface area contributed by atoms with E-state index in [0.717, 1.165) is 17.0 Å². The molecule has 2 aromatic rings. The molecule has 0 bridgehead atoms. The molecule has 1 saturated heterocycles. The van der Waals surface area contributed by atoms with Crippen LogP contribution in [0, 0.1) is 25.2 Å². The Morgan fingerprint density at radius 3 is 2.53 bits per heavy atom. The van der Waals surface area contributed by atoms with Gasteiger partial charge >= 0.3 is 0 Å².